The van der Waals surface area contributed by atoms with E-state index in [1.165, 1.54) is 0 Å². The third-order valence-corrected chi connectivity index (χ3v) is 3.40. The molecule has 1 aliphatic rings. The van der Waals surface area contributed by atoms with Gasteiger partial charge in [0, 0.05) is 25.0 Å². The zero-order valence-electron chi connectivity index (χ0n) is 12.5. The Morgan fingerprint density at radius 1 is 1.43 bits per heavy atom. The number of halogens is 3. The molecule has 1 aliphatic heterocycles. The predicted octanol–water partition coefficient (Wildman–Crippen LogP) is 1.35. The highest BCUT2D eigenvalue weighted by Gasteiger charge is 2.39. The Kier molecular flexibility index (Phi) is 5.07. The van der Waals surface area contributed by atoms with Gasteiger partial charge in [0.25, 0.3) is 0 Å². The molecule has 0 spiro atoms. The minimum atomic E-state index is -4.44. The smallest absolute Gasteiger partial charge is 0.334 e. The van der Waals surface area contributed by atoms with E-state index in [0.717, 1.165) is 11.3 Å². The quantitative estimate of drug-likeness (QED) is 0.875. The number of carbonyl (C=O) groups is 2. The Morgan fingerprint density at radius 3 is 2.78 bits per heavy atom. The number of hydrogen-bond acceptors (Lipinski definition) is 3. The first-order chi connectivity index (χ1) is 10.7. The summed E-state index contributed by atoms with van der Waals surface area (Å²) in [5, 5.41) is 4.94. The average Bonchev–Trinajstić information content (AvgIpc) is 2.78. The first kappa shape index (κ1) is 17.0. The largest absolute Gasteiger partial charge is 0.406 e. The molecule has 0 radical (unpaired) electrons. The molecule has 0 saturated carbocycles. The second-order valence-electron chi connectivity index (χ2n) is 5.35. The Balaban J connectivity index is 1.79. The number of pyridine rings is 1. The second-order valence-corrected chi connectivity index (χ2v) is 5.35. The fourth-order valence-electron chi connectivity index (χ4n) is 2.24. The van der Waals surface area contributed by atoms with E-state index in [-0.39, 0.29) is 19.5 Å². The van der Waals surface area contributed by atoms with Gasteiger partial charge in [0.15, 0.2) is 0 Å². The van der Waals surface area contributed by atoms with E-state index < -0.39 is 30.7 Å². The minimum absolute atomic E-state index is 0.0226. The molecule has 23 heavy (non-hydrogen) atoms. The van der Waals surface area contributed by atoms with Crippen LogP contribution in [0.15, 0.2) is 18.3 Å². The molecule has 2 rings (SSSR count). The van der Waals surface area contributed by atoms with Gasteiger partial charge in [0.2, 0.25) is 5.91 Å². The Bertz CT molecular complexity index is 574. The van der Waals surface area contributed by atoms with Crippen molar-refractivity contribution in [1.82, 2.24) is 20.5 Å². The van der Waals surface area contributed by atoms with Crippen LogP contribution in [0.5, 0.6) is 0 Å². The van der Waals surface area contributed by atoms with Crippen molar-refractivity contribution in [3.8, 4) is 0 Å². The van der Waals surface area contributed by atoms with E-state index in [4.69, 9.17) is 0 Å². The summed E-state index contributed by atoms with van der Waals surface area (Å²) in [6.07, 6.45) is -2.67. The third kappa shape index (κ3) is 5.11. The number of rotatable bonds is 4. The molecule has 3 amide bonds. The fourth-order valence-corrected chi connectivity index (χ4v) is 2.24. The molecule has 1 atom stereocenters. The number of aromatic nitrogens is 1. The molecule has 1 aromatic heterocycles. The summed E-state index contributed by atoms with van der Waals surface area (Å²) in [6.45, 7) is 0.737. The molecule has 126 valence electrons. The lowest BCUT2D eigenvalue weighted by Crippen LogP contribution is -2.47. The summed E-state index contributed by atoms with van der Waals surface area (Å²) < 4.78 is 36.9. The molecule has 1 aromatic rings. The molecule has 0 unspecified atom stereocenters. The van der Waals surface area contributed by atoms with Crippen LogP contribution >= 0.6 is 0 Å². The van der Waals surface area contributed by atoms with Crippen molar-refractivity contribution in [2.45, 2.75) is 32.1 Å². The van der Waals surface area contributed by atoms with Crippen LogP contribution in [0.2, 0.25) is 0 Å². The van der Waals surface area contributed by atoms with Crippen molar-refractivity contribution in [3.05, 3.63) is 29.6 Å². The molecule has 9 heteroatoms. The Labute approximate surface area is 131 Å². The minimum Gasteiger partial charge on any atom is -0.334 e. The van der Waals surface area contributed by atoms with E-state index in [2.05, 4.69) is 15.6 Å². The first-order valence-corrected chi connectivity index (χ1v) is 7.06. The number of urea groups is 1. The molecule has 0 aromatic carbocycles. The number of aryl methyl sites for hydroxylation is 1. The van der Waals surface area contributed by atoms with E-state index in [1.807, 2.05) is 6.92 Å². The molecule has 1 saturated heterocycles. The van der Waals surface area contributed by atoms with E-state index in [1.54, 1.807) is 18.3 Å². The standard InChI is InChI=1S/C14H17F3N4O2/c1-9-2-3-10(6-18-9)7-19-13(23)20-11-4-5-21(12(11)22)8-14(15,16)17/h2-3,6,11H,4-5,7-8H2,1H3,(H2,19,20,23)/t11-/m1/s1. The Morgan fingerprint density at radius 2 is 2.17 bits per heavy atom. The lowest BCUT2D eigenvalue weighted by molar-refractivity contribution is -0.157. The summed E-state index contributed by atoms with van der Waals surface area (Å²) >= 11 is 0. The van der Waals surface area contributed by atoms with Gasteiger partial charge in [-0.05, 0) is 25.0 Å². The lowest BCUT2D eigenvalue weighted by Gasteiger charge is -2.18. The van der Waals surface area contributed by atoms with Gasteiger partial charge in [0.05, 0.1) is 0 Å². The van der Waals surface area contributed by atoms with Crippen LogP contribution in [-0.2, 0) is 11.3 Å². The van der Waals surface area contributed by atoms with Gasteiger partial charge in [-0.15, -0.1) is 0 Å². The molecule has 0 bridgehead atoms. The number of alkyl halides is 3. The van der Waals surface area contributed by atoms with Gasteiger partial charge in [0.1, 0.15) is 12.6 Å². The number of nitrogens with zero attached hydrogens (tertiary/aromatic N) is 2. The number of hydrogen-bond donors (Lipinski definition) is 2. The summed E-state index contributed by atoms with van der Waals surface area (Å²) in [4.78, 5) is 28.3. The van der Waals surface area contributed by atoms with Crippen molar-refractivity contribution in [2.75, 3.05) is 13.1 Å². The van der Waals surface area contributed by atoms with Gasteiger partial charge in [-0.1, -0.05) is 6.07 Å². The third-order valence-electron chi connectivity index (χ3n) is 3.40. The molecular formula is C14H17F3N4O2. The topological polar surface area (TPSA) is 74.3 Å². The van der Waals surface area contributed by atoms with E-state index in [9.17, 15) is 22.8 Å². The molecule has 2 heterocycles. The molecular weight excluding hydrogens is 313 g/mol. The van der Waals surface area contributed by atoms with Crippen LogP contribution in [0.1, 0.15) is 17.7 Å². The summed E-state index contributed by atoms with van der Waals surface area (Å²) in [6, 6.07) is 2.07. The average molecular weight is 330 g/mol. The lowest BCUT2D eigenvalue weighted by atomic mass is 10.2. The maximum Gasteiger partial charge on any atom is 0.406 e. The van der Waals surface area contributed by atoms with Gasteiger partial charge in [-0.3, -0.25) is 9.78 Å². The van der Waals surface area contributed by atoms with Crippen LogP contribution in [0.4, 0.5) is 18.0 Å². The van der Waals surface area contributed by atoms with Crippen LogP contribution in [0.3, 0.4) is 0 Å². The monoisotopic (exact) mass is 330 g/mol. The molecule has 2 N–H and O–H groups in total. The Hall–Kier alpha value is -2.32. The van der Waals surface area contributed by atoms with E-state index >= 15 is 0 Å². The number of carbonyl (C=O) groups excluding carboxylic acids is 2. The normalized spacial score (nSPS) is 18.2. The van der Waals surface area contributed by atoms with Crippen molar-refractivity contribution in [2.24, 2.45) is 0 Å². The highest BCUT2D eigenvalue weighted by atomic mass is 19.4. The van der Waals surface area contributed by atoms with Crippen LogP contribution in [0.25, 0.3) is 0 Å². The van der Waals surface area contributed by atoms with E-state index in [0.29, 0.717) is 4.90 Å². The zero-order valence-corrected chi connectivity index (χ0v) is 12.5. The number of likely N-dealkylation sites (tertiary alicyclic amines) is 1. The summed E-state index contributed by atoms with van der Waals surface area (Å²) in [5.41, 5.74) is 1.63. The first-order valence-electron chi connectivity index (χ1n) is 7.06. The molecule has 1 fully saturated rings. The molecule has 0 aliphatic carbocycles. The maximum atomic E-state index is 12.3. The van der Waals surface area contributed by atoms with Crippen LogP contribution in [-0.4, -0.2) is 47.1 Å². The number of nitrogens with one attached hydrogen (secondary N) is 2. The van der Waals surface area contributed by atoms with Gasteiger partial charge >= 0.3 is 12.2 Å². The predicted molar refractivity (Wildman–Crippen MR) is 75.4 cm³/mol. The highest BCUT2D eigenvalue weighted by molar-refractivity contribution is 5.88. The van der Waals surface area contributed by atoms with Crippen LogP contribution in [0, 0.1) is 6.92 Å². The van der Waals surface area contributed by atoms with Gasteiger partial charge in [-0.2, -0.15) is 13.2 Å². The van der Waals surface area contributed by atoms with Gasteiger partial charge < -0.3 is 15.5 Å². The zero-order chi connectivity index (χ0) is 17.0. The fraction of sp³-hybridized carbons (Fsp3) is 0.500. The van der Waals surface area contributed by atoms with Crippen molar-refractivity contribution >= 4 is 11.9 Å². The number of amides is 3. The second kappa shape index (κ2) is 6.84. The molecule has 6 nitrogen and oxygen atoms in total. The SMILES string of the molecule is Cc1ccc(CNC(=O)N[C@@H]2CCN(CC(F)(F)F)C2=O)cn1. The highest BCUT2D eigenvalue weighted by Crippen LogP contribution is 2.20. The maximum absolute atomic E-state index is 12.3. The summed E-state index contributed by atoms with van der Waals surface area (Å²) in [7, 11) is 0. The van der Waals surface area contributed by atoms with Gasteiger partial charge in [-0.25, -0.2) is 4.79 Å². The summed E-state index contributed by atoms with van der Waals surface area (Å²) in [5.74, 6) is -0.713. The van der Waals surface area contributed by atoms with Crippen molar-refractivity contribution < 1.29 is 22.8 Å². The van der Waals surface area contributed by atoms with Crippen LogP contribution < -0.4 is 10.6 Å². The van der Waals surface area contributed by atoms with Crippen molar-refractivity contribution in [1.29, 1.82) is 0 Å². The van der Waals surface area contributed by atoms with Crippen molar-refractivity contribution in [3.63, 3.8) is 0 Å².